The van der Waals surface area contributed by atoms with Gasteiger partial charge in [-0.3, -0.25) is 4.68 Å². The fraction of sp³-hybridized carbons (Fsp3) is 0.571. The standard InChI is InChI=1S/C14H23N5/c1-5-12(15)14-10(2)17-19(11(14)3)8-6-13-16-7-9-18(13)4/h7,9,12H,5-6,8,15H2,1-4H3. The molecule has 0 spiro atoms. The van der Waals surface area contributed by atoms with Crippen LogP contribution in [-0.2, 0) is 20.0 Å². The van der Waals surface area contributed by atoms with E-state index in [1.165, 1.54) is 11.3 Å². The average Bonchev–Trinajstić information content (AvgIpc) is 2.90. The Labute approximate surface area is 114 Å². The van der Waals surface area contributed by atoms with Crippen LogP contribution < -0.4 is 5.73 Å². The molecule has 2 aromatic heterocycles. The van der Waals surface area contributed by atoms with E-state index >= 15 is 0 Å². The first-order valence-corrected chi connectivity index (χ1v) is 6.80. The Hall–Kier alpha value is -1.62. The number of aryl methyl sites for hydroxylation is 4. The van der Waals surface area contributed by atoms with E-state index in [9.17, 15) is 0 Å². The van der Waals surface area contributed by atoms with Gasteiger partial charge < -0.3 is 10.3 Å². The predicted octanol–water partition coefficient (Wildman–Crippen LogP) is 1.89. The van der Waals surface area contributed by atoms with Gasteiger partial charge in [-0.25, -0.2) is 4.98 Å². The third kappa shape index (κ3) is 2.71. The van der Waals surface area contributed by atoms with Crippen LogP contribution >= 0.6 is 0 Å². The number of aromatic nitrogens is 4. The van der Waals surface area contributed by atoms with Crippen LogP contribution in [0.4, 0.5) is 0 Å². The molecule has 0 radical (unpaired) electrons. The molecule has 0 bridgehead atoms. The first kappa shape index (κ1) is 13.8. The van der Waals surface area contributed by atoms with E-state index in [1.807, 2.05) is 30.9 Å². The van der Waals surface area contributed by atoms with E-state index in [0.29, 0.717) is 0 Å². The van der Waals surface area contributed by atoms with Gasteiger partial charge in [-0.15, -0.1) is 0 Å². The quantitative estimate of drug-likeness (QED) is 0.894. The summed E-state index contributed by atoms with van der Waals surface area (Å²) in [6.07, 6.45) is 5.61. The molecule has 0 aliphatic rings. The SMILES string of the molecule is CCC(N)c1c(C)nn(CCc2nccn2C)c1C. The highest BCUT2D eigenvalue weighted by Crippen LogP contribution is 2.22. The Morgan fingerprint density at radius 1 is 1.37 bits per heavy atom. The maximum atomic E-state index is 6.15. The Bertz CT molecular complexity index is 552. The van der Waals surface area contributed by atoms with Crippen molar-refractivity contribution < 1.29 is 0 Å². The minimum Gasteiger partial charge on any atom is -0.338 e. The van der Waals surface area contributed by atoms with E-state index in [1.54, 1.807) is 0 Å². The van der Waals surface area contributed by atoms with Gasteiger partial charge in [0, 0.05) is 49.7 Å². The van der Waals surface area contributed by atoms with E-state index in [0.717, 1.165) is 30.9 Å². The number of nitrogens with two attached hydrogens (primary N) is 1. The molecule has 1 atom stereocenters. The fourth-order valence-corrected chi connectivity index (χ4v) is 2.51. The second-order valence-electron chi connectivity index (χ2n) is 5.03. The van der Waals surface area contributed by atoms with Crippen molar-refractivity contribution in [1.29, 1.82) is 0 Å². The maximum Gasteiger partial charge on any atom is 0.110 e. The number of hydrogen-bond acceptors (Lipinski definition) is 3. The van der Waals surface area contributed by atoms with Gasteiger partial charge >= 0.3 is 0 Å². The van der Waals surface area contributed by atoms with Gasteiger partial charge in [0.15, 0.2) is 0 Å². The highest BCUT2D eigenvalue weighted by Gasteiger charge is 2.16. The summed E-state index contributed by atoms with van der Waals surface area (Å²) in [4.78, 5) is 4.34. The van der Waals surface area contributed by atoms with Gasteiger partial charge in [0.1, 0.15) is 5.82 Å². The van der Waals surface area contributed by atoms with Gasteiger partial charge in [0.2, 0.25) is 0 Å². The lowest BCUT2D eigenvalue weighted by molar-refractivity contribution is 0.570. The molecule has 2 N–H and O–H groups in total. The Balaban J connectivity index is 2.16. The van der Waals surface area contributed by atoms with Crippen LogP contribution in [0.2, 0.25) is 0 Å². The summed E-state index contributed by atoms with van der Waals surface area (Å²) >= 11 is 0. The zero-order valence-corrected chi connectivity index (χ0v) is 12.2. The Morgan fingerprint density at radius 2 is 2.11 bits per heavy atom. The smallest absolute Gasteiger partial charge is 0.110 e. The van der Waals surface area contributed by atoms with Crippen molar-refractivity contribution in [1.82, 2.24) is 19.3 Å². The molecule has 1 unspecified atom stereocenters. The van der Waals surface area contributed by atoms with Crippen molar-refractivity contribution in [3.05, 3.63) is 35.2 Å². The average molecular weight is 261 g/mol. The minimum atomic E-state index is 0.0851. The van der Waals surface area contributed by atoms with E-state index in [4.69, 9.17) is 5.73 Å². The monoisotopic (exact) mass is 261 g/mol. The lowest BCUT2D eigenvalue weighted by Crippen LogP contribution is -2.12. The third-order valence-electron chi connectivity index (χ3n) is 3.72. The normalized spacial score (nSPS) is 12.9. The van der Waals surface area contributed by atoms with Crippen LogP contribution in [0.25, 0.3) is 0 Å². The molecule has 2 rings (SSSR count). The highest BCUT2D eigenvalue weighted by atomic mass is 15.3. The van der Waals surface area contributed by atoms with Crippen molar-refractivity contribution in [2.45, 2.75) is 46.2 Å². The van der Waals surface area contributed by atoms with Crippen LogP contribution in [-0.4, -0.2) is 19.3 Å². The van der Waals surface area contributed by atoms with E-state index in [2.05, 4.69) is 28.6 Å². The van der Waals surface area contributed by atoms with E-state index in [-0.39, 0.29) is 6.04 Å². The number of rotatable bonds is 5. The molecule has 5 nitrogen and oxygen atoms in total. The molecule has 0 fully saturated rings. The van der Waals surface area contributed by atoms with Crippen molar-refractivity contribution in [3.8, 4) is 0 Å². The van der Waals surface area contributed by atoms with Gasteiger partial charge in [-0.1, -0.05) is 6.92 Å². The molecule has 5 heteroatoms. The van der Waals surface area contributed by atoms with E-state index < -0.39 is 0 Å². The Morgan fingerprint density at radius 3 is 2.68 bits per heavy atom. The van der Waals surface area contributed by atoms with Crippen molar-refractivity contribution in [3.63, 3.8) is 0 Å². The predicted molar refractivity (Wildman–Crippen MR) is 75.8 cm³/mol. The molecule has 19 heavy (non-hydrogen) atoms. The summed E-state index contributed by atoms with van der Waals surface area (Å²) in [6, 6.07) is 0.0851. The molecular formula is C14H23N5. The van der Waals surface area contributed by atoms with Crippen LogP contribution in [0.3, 0.4) is 0 Å². The first-order valence-electron chi connectivity index (χ1n) is 6.80. The van der Waals surface area contributed by atoms with Gasteiger partial charge in [-0.2, -0.15) is 5.10 Å². The van der Waals surface area contributed by atoms with Gasteiger partial charge in [0.25, 0.3) is 0 Å². The molecule has 0 aliphatic carbocycles. The molecule has 0 aliphatic heterocycles. The third-order valence-corrected chi connectivity index (χ3v) is 3.72. The summed E-state index contributed by atoms with van der Waals surface area (Å²) in [5, 5.41) is 4.61. The minimum absolute atomic E-state index is 0.0851. The molecule has 0 saturated carbocycles. The van der Waals surface area contributed by atoms with Gasteiger partial charge in [0.05, 0.1) is 5.69 Å². The van der Waals surface area contributed by atoms with Gasteiger partial charge in [-0.05, 0) is 20.3 Å². The first-order chi connectivity index (χ1) is 9.04. The molecule has 0 saturated heterocycles. The van der Waals surface area contributed by atoms with Crippen LogP contribution in [0.5, 0.6) is 0 Å². The second-order valence-corrected chi connectivity index (χ2v) is 5.03. The topological polar surface area (TPSA) is 61.7 Å². The second kappa shape index (κ2) is 5.57. The number of nitrogens with zero attached hydrogens (tertiary/aromatic N) is 4. The largest absolute Gasteiger partial charge is 0.338 e. The van der Waals surface area contributed by atoms with Crippen molar-refractivity contribution in [2.75, 3.05) is 0 Å². The van der Waals surface area contributed by atoms with Crippen molar-refractivity contribution >= 4 is 0 Å². The van der Waals surface area contributed by atoms with Crippen LogP contribution in [0, 0.1) is 13.8 Å². The number of hydrogen-bond donors (Lipinski definition) is 1. The number of imidazole rings is 1. The lowest BCUT2D eigenvalue weighted by Gasteiger charge is -2.10. The molecule has 0 amide bonds. The molecule has 0 aromatic carbocycles. The highest BCUT2D eigenvalue weighted by molar-refractivity contribution is 5.27. The summed E-state index contributed by atoms with van der Waals surface area (Å²) < 4.78 is 4.10. The fourth-order valence-electron chi connectivity index (χ4n) is 2.51. The molecular weight excluding hydrogens is 238 g/mol. The summed E-state index contributed by atoms with van der Waals surface area (Å²) in [5.41, 5.74) is 9.58. The Kier molecular flexibility index (Phi) is 4.04. The summed E-state index contributed by atoms with van der Waals surface area (Å²) in [5.74, 6) is 1.08. The summed E-state index contributed by atoms with van der Waals surface area (Å²) in [6.45, 7) is 7.08. The lowest BCUT2D eigenvalue weighted by atomic mass is 10.0. The molecule has 2 heterocycles. The zero-order chi connectivity index (χ0) is 14.0. The molecule has 104 valence electrons. The van der Waals surface area contributed by atoms with Crippen LogP contribution in [0.15, 0.2) is 12.4 Å². The molecule has 2 aromatic rings. The van der Waals surface area contributed by atoms with Crippen molar-refractivity contribution in [2.24, 2.45) is 12.8 Å². The maximum absolute atomic E-state index is 6.15. The van der Waals surface area contributed by atoms with Crippen LogP contribution in [0.1, 0.15) is 42.2 Å². The summed E-state index contributed by atoms with van der Waals surface area (Å²) in [7, 11) is 2.02. The zero-order valence-electron chi connectivity index (χ0n) is 12.2.